The summed E-state index contributed by atoms with van der Waals surface area (Å²) in [7, 11) is 1.70. The first-order valence-corrected chi connectivity index (χ1v) is 5.11. The first-order chi connectivity index (χ1) is 8.74. The number of nitrogens with zero attached hydrogens (tertiary/aromatic N) is 3. The molecule has 0 amide bonds. The van der Waals surface area contributed by atoms with Crippen LogP contribution < -0.4 is 10.1 Å². The molecule has 0 aliphatic heterocycles. The van der Waals surface area contributed by atoms with Crippen molar-refractivity contribution in [2.75, 3.05) is 12.4 Å². The quantitative estimate of drug-likeness (QED) is 0.897. The van der Waals surface area contributed by atoms with Crippen molar-refractivity contribution in [1.29, 1.82) is 5.26 Å². The van der Waals surface area contributed by atoms with Gasteiger partial charge in [-0.2, -0.15) is 5.26 Å². The lowest BCUT2D eigenvalue weighted by Gasteiger charge is -2.07. The summed E-state index contributed by atoms with van der Waals surface area (Å²) < 4.78 is 18.7. The number of hydrogen-bond acceptors (Lipinski definition) is 5. The molecule has 0 saturated carbocycles. The largest absolute Gasteiger partial charge is 0.437 e. The predicted octanol–water partition coefficient (Wildman–Crippen LogP) is 2.32. The van der Waals surface area contributed by atoms with E-state index >= 15 is 0 Å². The van der Waals surface area contributed by atoms with Crippen molar-refractivity contribution in [3.63, 3.8) is 0 Å². The average molecular weight is 244 g/mol. The molecule has 0 atom stereocenters. The Labute approximate surface area is 103 Å². The molecule has 90 valence electrons. The summed E-state index contributed by atoms with van der Waals surface area (Å²) in [5.41, 5.74) is -0.151. The highest BCUT2D eigenvalue weighted by Crippen LogP contribution is 2.25. The molecule has 18 heavy (non-hydrogen) atoms. The molecule has 0 aliphatic rings. The second kappa shape index (κ2) is 5.10. The smallest absolute Gasteiger partial charge is 0.224 e. The third-order valence-electron chi connectivity index (χ3n) is 2.20. The molecule has 1 aromatic carbocycles. The Balaban J connectivity index is 2.34. The van der Waals surface area contributed by atoms with Crippen LogP contribution in [0.2, 0.25) is 0 Å². The van der Waals surface area contributed by atoms with Crippen LogP contribution in [0.1, 0.15) is 5.56 Å². The number of nitrogens with one attached hydrogen (secondary N) is 1. The molecule has 5 nitrogen and oxygen atoms in total. The zero-order valence-electron chi connectivity index (χ0n) is 9.51. The van der Waals surface area contributed by atoms with Gasteiger partial charge in [0.1, 0.15) is 35.3 Å². The number of anilines is 1. The summed E-state index contributed by atoms with van der Waals surface area (Å²) >= 11 is 0. The van der Waals surface area contributed by atoms with Gasteiger partial charge < -0.3 is 10.1 Å². The first-order valence-electron chi connectivity index (χ1n) is 5.11. The highest BCUT2D eigenvalue weighted by Gasteiger charge is 2.10. The van der Waals surface area contributed by atoms with Gasteiger partial charge in [0.15, 0.2) is 0 Å². The van der Waals surface area contributed by atoms with E-state index in [4.69, 9.17) is 10.00 Å². The van der Waals surface area contributed by atoms with Crippen molar-refractivity contribution in [2.45, 2.75) is 0 Å². The number of benzene rings is 1. The molecule has 0 bridgehead atoms. The molecule has 1 aromatic heterocycles. The Morgan fingerprint density at radius 2 is 2.22 bits per heavy atom. The van der Waals surface area contributed by atoms with Crippen LogP contribution in [0, 0.1) is 17.1 Å². The third-order valence-corrected chi connectivity index (χ3v) is 2.20. The van der Waals surface area contributed by atoms with Gasteiger partial charge in [-0.25, -0.2) is 14.4 Å². The van der Waals surface area contributed by atoms with E-state index in [9.17, 15) is 4.39 Å². The summed E-state index contributed by atoms with van der Waals surface area (Å²) in [6.07, 6.45) is 1.31. The standard InChI is InChI=1S/C12H9FN4O/c1-15-11-5-12(17-7-16-11)18-10-4-2-3-9(13)8(10)6-14/h2-5,7H,1H3,(H,15,16,17). The maximum absolute atomic E-state index is 13.4. The second-order valence-corrected chi connectivity index (χ2v) is 3.32. The van der Waals surface area contributed by atoms with E-state index in [0.29, 0.717) is 5.82 Å². The van der Waals surface area contributed by atoms with E-state index in [2.05, 4.69) is 15.3 Å². The van der Waals surface area contributed by atoms with Gasteiger partial charge in [0, 0.05) is 13.1 Å². The summed E-state index contributed by atoms with van der Waals surface area (Å²) in [6, 6.07) is 7.47. The lowest BCUT2D eigenvalue weighted by atomic mass is 10.2. The van der Waals surface area contributed by atoms with Crippen molar-refractivity contribution in [3.8, 4) is 17.7 Å². The van der Waals surface area contributed by atoms with Crippen LogP contribution in [-0.4, -0.2) is 17.0 Å². The highest BCUT2D eigenvalue weighted by molar-refractivity contribution is 5.46. The Kier molecular flexibility index (Phi) is 3.34. The van der Waals surface area contributed by atoms with Gasteiger partial charge in [-0.3, -0.25) is 0 Å². The van der Waals surface area contributed by atoms with Gasteiger partial charge in [-0.1, -0.05) is 6.07 Å². The average Bonchev–Trinajstić information content (AvgIpc) is 2.39. The Morgan fingerprint density at radius 3 is 2.94 bits per heavy atom. The summed E-state index contributed by atoms with van der Waals surface area (Å²) in [6.45, 7) is 0. The Hall–Kier alpha value is -2.68. The van der Waals surface area contributed by atoms with Crippen LogP contribution in [0.4, 0.5) is 10.2 Å². The topological polar surface area (TPSA) is 70.8 Å². The van der Waals surface area contributed by atoms with E-state index in [1.165, 1.54) is 24.5 Å². The van der Waals surface area contributed by atoms with Crippen LogP contribution in [0.5, 0.6) is 11.6 Å². The van der Waals surface area contributed by atoms with Crippen molar-refractivity contribution >= 4 is 5.82 Å². The lowest BCUT2D eigenvalue weighted by molar-refractivity contribution is 0.455. The van der Waals surface area contributed by atoms with Crippen molar-refractivity contribution in [2.24, 2.45) is 0 Å². The molecule has 0 saturated heterocycles. The van der Waals surface area contributed by atoms with Gasteiger partial charge >= 0.3 is 0 Å². The zero-order valence-corrected chi connectivity index (χ0v) is 9.51. The summed E-state index contributed by atoms with van der Waals surface area (Å²) in [5, 5.41) is 11.7. The first kappa shape index (κ1) is 11.8. The minimum absolute atomic E-state index is 0.123. The van der Waals surface area contributed by atoms with Crippen molar-refractivity contribution in [3.05, 3.63) is 42.0 Å². The monoisotopic (exact) mass is 244 g/mol. The normalized spacial score (nSPS) is 9.61. The fourth-order valence-corrected chi connectivity index (χ4v) is 1.34. The molecule has 0 unspecified atom stereocenters. The van der Waals surface area contributed by atoms with Crippen LogP contribution in [0.15, 0.2) is 30.6 Å². The minimum atomic E-state index is -0.627. The Bertz CT molecular complexity index is 609. The number of rotatable bonds is 3. The van der Waals surface area contributed by atoms with Crippen LogP contribution in [0.3, 0.4) is 0 Å². The maximum Gasteiger partial charge on any atom is 0.224 e. The molecule has 2 aromatic rings. The summed E-state index contributed by atoms with van der Waals surface area (Å²) in [4.78, 5) is 7.80. The fourth-order valence-electron chi connectivity index (χ4n) is 1.34. The van der Waals surface area contributed by atoms with E-state index in [-0.39, 0.29) is 17.2 Å². The molecule has 1 N–H and O–H groups in total. The van der Waals surface area contributed by atoms with Crippen LogP contribution in [-0.2, 0) is 0 Å². The number of hydrogen-bond donors (Lipinski definition) is 1. The molecular formula is C12H9FN4O. The van der Waals surface area contributed by atoms with Gasteiger partial charge in [0.05, 0.1) is 0 Å². The van der Waals surface area contributed by atoms with Crippen LogP contribution >= 0.6 is 0 Å². The van der Waals surface area contributed by atoms with Gasteiger partial charge in [-0.05, 0) is 12.1 Å². The molecule has 2 rings (SSSR count). The number of halogens is 1. The van der Waals surface area contributed by atoms with Gasteiger partial charge in [-0.15, -0.1) is 0 Å². The second-order valence-electron chi connectivity index (χ2n) is 3.32. The molecule has 6 heteroatoms. The Morgan fingerprint density at radius 1 is 1.39 bits per heavy atom. The fraction of sp³-hybridized carbons (Fsp3) is 0.0833. The predicted molar refractivity (Wildman–Crippen MR) is 62.8 cm³/mol. The molecule has 1 heterocycles. The lowest BCUT2D eigenvalue weighted by Crippen LogP contribution is -1.96. The number of aromatic nitrogens is 2. The van der Waals surface area contributed by atoms with E-state index in [0.717, 1.165) is 0 Å². The van der Waals surface area contributed by atoms with Gasteiger partial charge in [0.25, 0.3) is 0 Å². The van der Waals surface area contributed by atoms with Crippen molar-refractivity contribution in [1.82, 2.24) is 9.97 Å². The molecule has 0 spiro atoms. The van der Waals surface area contributed by atoms with E-state index in [1.807, 2.05) is 0 Å². The SMILES string of the molecule is CNc1cc(Oc2cccc(F)c2C#N)ncn1. The molecule has 0 radical (unpaired) electrons. The van der Waals surface area contributed by atoms with E-state index < -0.39 is 5.82 Å². The third kappa shape index (κ3) is 2.35. The minimum Gasteiger partial charge on any atom is -0.437 e. The number of ether oxygens (including phenoxy) is 1. The molecule has 0 fully saturated rings. The molecule has 0 aliphatic carbocycles. The summed E-state index contributed by atoms with van der Waals surface area (Å²) in [5.74, 6) is 0.294. The zero-order chi connectivity index (χ0) is 13.0. The maximum atomic E-state index is 13.4. The number of nitriles is 1. The van der Waals surface area contributed by atoms with Crippen molar-refractivity contribution < 1.29 is 9.13 Å². The van der Waals surface area contributed by atoms with E-state index in [1.54, 1.807) is 19.2 Å². The van der Waals surface area contributed by atoms with Gasteiger partial charge in [0.2, 0.25) is 5.88 Å². The molecular weight excluding hydrogens is 235 g/mol. The highest BCUT2D eigenvalue weighted by atomic mass is 19.1. The van der Waals surface area contributed by atoms with Crippen LogP contribution in [0.25, 0.3) is 0 Å².